The second kappa shape index (κ2) is 13.1. The first-order chi connectivity index (χ1) is 18.5. The van der Waals surface area contributed by atoms with Gasteiger partial charge in [-0.1, -0.05) is 18.6 Å². The summed E-state index contributed by atoms with van der Waals surface area (Å²) in [5.74, 6) is -0.149. The summed E-state index contributed by atoms with van der Waals surface area (Å²) in [5, 5.41) is 29.0. The van der Waals surface area contributed by atoms with Crippen LogP contribution in [-0.2, 0) is 0 Å². The third kappa shape index (κ3) is 6.91. The molecule has 38 heavy (non-hydrogen) atoms. The van der Waals surface area contributed by atoms with E-state index in [4.69, 9.17) is 14.9 Å². The molecule has 4 rings (SSSR count). The van der Waals surface area contributed by atoms with Gasteiger partial charge in [-0.3, -0.25) is 19.8 Å². The number of likely N-dealkylation sites (tertiary alicyclic amines) is 1. The molecule has 0 bridgehead atoms. The fourth-order valence-electron chi connectivity index (χ4n) is 4.43. The van der Waals surface area contributed by atoms with Crippen LogP contribution in [0.5, 0.6) is 5.88 Å². The number of nitrogens with zero attached hydrogens (tertiary/aromatic N) is 4. The molecule has 0 saturated carbocycles. The highest BCUT2D eigenvalue weighted by molar-refractivity contribution is 6.11. The number of amides is 1. The molecular formula is C28H34N6O4. The first-order valence-electron chi connectivity index (χ1n) is 12.7. The van der Waals surface area contributed by atoms with Gasteiger partial charge >= 0.3 is 0 Å². The summed E-state index contributed by atoms with van der Waals surface area (Å²) in [5.41, 5.74) is 4.60. The molecule has 200 valence electrons. The summed E-state index contributed by atoms with van der Waals surface area (Å²) in [4.78, 5) is 23.6. The number of nitrogens with one attached hydrogen (secondary N) is 2. The molecule has 3 aromatic rings. The summed E-state index contributed by atoms with van der Waals surface area (Å²) in [7, 11) is 0. The Hall–Kier alpha value is -3.86. The van der Waals surface area contributed by atoms with Crippen LogP contribution < -0.4 is 10.1 Å². The largest absolute Gasteiger partial charge is 0.469 e. The number of carbonyl (C=O) groups is 1. The highest BCUT2D eigenvalue weighted by Gasteiger charge is 2.17. The maximum Gasteiger partial charge on any atom is 0.276 e. The van der Waals surface area contributed by atoms with Crippen molar-refractivity contribution >= 4 is 34.8 Å². The number of allylic oxidation sites excluding steroid dienone is 1. The van der Waals surface area contributed by atoms with Crippen molar-refractivity contribution in [1.29, 1.82) is 0 Å². The third-order valence-corrected chi connectivity index (χ3v) is 6.44. The van der Waals surface area contributed by atoms with Crippen molar-refractivity contribution in [3.8, 4) is 5.88 Å². The third-order valence-electron chi connectivity index (χ3n) is 6.44. The summed E-state index contributed by atoms with van der Waals surface area (Å²) >= 11 is 0. The molecular weight excluding hydrogens is 484 g/mol. The molecule has 0 spiro atoms. The average Bonchev–Trinajstić information content (AvgIpc) is 3.37. The molecule has 10 heteroatoms. The van der Waals surface area contributed by atoms with Gasteiger partial charge in [-0.2, -0.15) is 5.10 Å². The number of aromatic nitrogens is 3. The number of pyridine rings is 1. The van der Waals surface area contributed by atoms with Gasteiger partial charge in [0.05, 0.1) is 30.6 Å². The molecule has 1 amide bonds. The first kappa shape index (κ1) is 27.2. The molecule has 1 aliphatic rings. The summed E-state index contributed by atoms with van der Waals surface area (Å²) < 4.78 is 5.36. The van der Waals surface area contributed by atoms with Crippen molar-refractivity contribution in [2.45, 2.75) is 32.3 Å². The molecule has 1 aromatic carbocycles. The van der Waals surface area contributed by atoms with E-state index in [0.717, 1.165) is 41.9 Å². The number of hydrogen-bond acceptors (Lipinski definition) is 8. The van der Waals surface area contributed by atoms with E-state index < -0.39 is 6.10 Å². The van der Waals surface area contributed by atoms with Crippen LogP contribution in [0.2, 0.25) is 0 Å². The lowest BCUT2D eigenvalue weighted by molar-refractivity contribution is 0.0597. The number of fused-ring (bicyclic) bond motifs is 1. The van der Waals surface area contributed by atoms with Gasteiger partial charge in [0.15, 0.2) is 5.69 Å². The quantitative estimate of drug-likeness (QED) is 0.226. The van der Waals surface area contributed by atoms with Crippen LogP contribution in [-0.4, -0.2) is 81.9 Å². The lowest BCUT2D eigenvalue weighted by Crippen LogP contribution is -2.31. The van der Waals surface area contributed by atoms with E-state index in [0.29, 0.717) is 11.1 Å². The maximum absolute atomic E-state index is 13.0. The lowest BCUT2D eigenvalue weighted by Gasteiger charge is -2.26. The fourth-order valence-corrected chi connectivity index (χ4v) is 4.43. The Kier molecular flexibility index (Phi) is 9.36. The Balaban J connectivity index is 1.50. The number of piperidine rings is 1. The normalized spacial score (nSPS) is 15.2. The number of rotatable bonds is 11. The predicted octanol–water partition coefficient (Wildman–Crippen LogP) is 3.42. The highest BCUT2D eigenvalue weighted by atomic mass is 16.5. The molecule has 0 aliphatic carbocycles. The number of anilines is 1. The van der Waals surface area contributed by atoms with E-state index in [1.807, 2.05) is 31.3 Å². The predicted molar refractivity (Wildman–Crippen MR) is 148 cm³/mol. The van der Waals surface area contributed by atoms with Crippen molar-refractivity contribution < 1.29 is 19.7 Å². The Bertz CT molecular complexity index is 1300. The van der Waals surface area contributed by atoms with Crippen molar-refractivity contribution in [2.75, 3.05) is 38.2 Å². The first-order valence-corrected chi connectivity index (χ1v) is 12.7. The zero-order valence-corrected chi connectivity index (χ0v) is 21.6. The molecule has 10 nitrogen and oxygen atoms in total. The van der Waals surface area contributed by atoms with Crippen molar-refractivity contribution in [1.82, 2.24) is 20.1 Å². The number of hydrogen-bond donors (Lipinski definition) is 4. The minimum atomic E-state index is -0.755. The van der Waals surface area contributed by atoms with Crippen LogP contribution in [0.25, 0.3) is 16.5 Å². The Morgan fingerprint density at radius 1 is 1.24 bits per heavy atom. The molecule has 0 radical (unpaired) electrons. The number of aromatic amines is 1. The standard InChI is InChI=1S/C28H34N6O4/c1-19(12-20(14-29-2)16-34-10-4-3-5-11-34)21-6-8-25-24(13-21)27(33-32-25)28(37)31-22-7-9-26(30-15-22)38-23(17-35)18-36/h6-9,12-15,23,35-36H,2-5,10-11,16-18H2,1H3,(H,31,37)(H,32,33)/b19-12+,20-14+. The lowest BCUT2D eigenvalue weighted by atomic mass is 10.0. The second-order valence-electron chi connectivity index (χ2n) is 9.33. The van der Waals surface area contributed by atoms with Crippen LogP contribution in [0.1, 0.15) is 42.2 Å². The van der Waals surface area contributed by atoms with E-state index in [2.05, 4.69) is 43.2 Å². The average molecular weight is 519 g/mol. The zero-order chi connectivity index (χ0) is 26.9. The Labute approximate surface area is 221 Å². The monoisotopic (exact) mass is 518 g/mol. The zero-order valence-electron chi connectivity index (χ0n) is 21.6. The van der Waals surface area contributed by atoms with Crippen molar-refractivity contribution in [3.05, 3.63) is 65.6 Å². The Morgan fingerprint density at radius 2 is 2.03 bits per heavy atom. The Morgan fingerprint density at radius 3 is 2.71 bits per heavy atom. The number of aliphatic hydroxyl groups is 2. The van der Waals surface area contributed by atoms with Gasteiger partial charge in [0.1, 0.15) is 6.10 Å². The molecule has 3 heterocycles. The molecule has 0 atom stereocenters. The van der Waals surface area contributed by atoms with Crippen molar-refractivity contribution in [2.24, 2.45) is 4.99 Å². The second-order valence-corrected chi connectivity index (χ2v) is 9.33. The van der Waals surface area contributed by atoms with Crippen LogP contribution in [0.4, 0.5) is 5.69 Å². The van der Waals surface area contributed by atoms with Crippen LogP contribution >= 0.6 is 0 Å². The van der Waals surface area contributed by atoms with E-state index in [1.54, 1.807) is 12.1 Å². The van der Waals surface area contributed by atoms with Gasteiger partial charge < -0.3 is 20.3 Å². The molecule has 1 aliphatic heterocycles. The molecule has 4 N–H and O–H groups in total. The van der Waals surface area contributed by atoms with Gasteiger partial charge in [-0.15, -0.1) is 0 Å². The summed E-state index contributed by atoms with van der Waals surface area (Å²) in [6.07, 6.45) is 8.35. The summed E-state index contributed by atoms with van der Waals surface area (Å²) in [6, 6.07) is 9.05. The number of benzene rings is 1. The van der Waals surface area contributed by atoms with E-state index >= 15 is 0 Å². The number of aliphatic hydroxyl groups excluding tert-OH is 2. The molecule has 0 unspecified atom stereocenters. The number of carbonyl (C=O) groups excluding carboxylic acids is 1. The minimum absolute atomic E-state index is 0.230. The van der Waals surface area contributed by atoms with Gasteiger partial charge in [-0.05, 0) is 74.5 Å². The van der Waals surface area contributed by atoms with E-state index in [-0.39, 0.29) is 30.7 Å². The molecule has 1 saturated heterocycles. The van der Waals surface area contributed by atoms with Crippen LogP contribution in [0.15, 0.2) is 59.4 Å². The van der Waals surface area contributed by atoms with Gasteiger partial charge in [-0.25, -0.2) is 4.98 Å². The highest BCUT2D eigenvalue weighted by Crippen LogP contribution is 2.25. The minimum Gasteiger partial charge on any atom is -0.469 e. The number of ether oxygens (including phenoxy) is 1. The maximum atomic E-state index is 13.0. The topological polar surface area (TPSA) is 136 Å². The smallest absolute Gasteiger partial charge is 0.276 e. The number of H-pyrrole nitrogens is 1. The molecule has 2 aromatic heterocycles. The number of aliphatic imine (C=N–C) groups is 1. The van der Waals surface area contributed by atoms with Gasteiger partial charge in [0.25, 0.3) is 5.91 Å². The van der Waals surface area contributed by atoms with E-state index in [1.165, 1.54) is 25.5 Å². The van der Waals surface area contributed by atoms with Crippen molar-refractivity contribution in [3.63, 3.8) is 0 Å². The fraction of sp³-hybridized carbons (Fsp3) is 0.357. The van der Waals surface area contributed by atoms with E-state index in [9.17, 15) is 4.79 Å². The summed E-state index contributed by atoms with van der Waals surface area (Å²) in [6.45, 7) is 8.03. The molecule has 1 fully saturated rings. The SMILES string of the molecule is C=N/C=C(\C=C(/C)c1ccc2[nH]nc(C(=O)Nc3ccc(OC(CO)CO)nc3)c2c1)CN1CCCCC1. The van der Waals surface area contributed by atoms with Crippen LogP contribution in [0.3, 0.4) is 0 Å². The van der Waals surface area contributed by atoms with Gasteiger partial charge in [0, 0.05) is 24.2 Å². The van der Waals surface area contributed by atoms with Crippen LogP contribution in [0, 0.1) is 0 Å². The van der Waals surface area contributed by atoms with Gasteiger partial charge in [0.2, 0.25) is 5.88 Å².